The van der Waals surface area contributed by atoms with Gasteiger partial charge in [0.1, 0.15) is 0 Å². The molecule has 0 bridgehead atoms. The summed E-state index contributed by atoms with van der Waals surface area (Å²) in [6.07, 6.45) is 1.11. The van der Waals surface area contributed by atoms with Gasteiger partial charge in [-0.05, 0) is 38.6 Å². The zero-order chi connectivity index (χ0) is 14.1. The highest BCUT2D eigenvalue weighted by atomic mass is 19.4. The van der Waals surface area contributed by atoms with Gasteiger partial charge in [-0.1, -0.05) is 19.8 Å². The smallest absolute Gasteiger partial charge is 0.381 e. The van der Waals surface area contributed by atoms with Gasteiger partial charge in [0.2, 0.25) is 0 Å². The van der Waals surface area contributed by atoms with Crippen molar-refractivity contribution >= 4 is 0 Å². The molecule has 1 aliphatic carbocycles. The van der Waals surface area contributed by atoms with E-state index >= 15 is 0 Å². The van der Waals surface area contributed by atoms with Crippen LogP contribution in [0.4, 0.5) is 13.2 Å². The number of rotatable bonds is 8. The molecule has 5 heteroatoms. The molecule has 0 aromatic heterocycles. The van der Waals surface area contributed by atoms with Crippen LogP contribution in [0.1, 0.15) is 51.9 Å². The van der Waals surface area contributed by atoms with E-state index < -0.39 is 12.1 Å². The second-order valence-corrected chi connectivity index (χ2v) is 5.38. The molecule has 1 rings (SSSR count). The summed E-state index contributed by atoms with van der Waals surface area (Å²) in [7, 11) is 0. The van der Waals surface area contributed by atoms with E-state index in [9.17, 15) is 13.2 Å². The van der Waals surface area contributed by atoms with Crippen molar-refractivity contribution in [3.63, 3.8) is 0 Å². The van der Waals surface area contributed by atoms with Gasteiger partial charge in [-0.15, -0.1) is 0 Å². The van der Waals surface area contributed by atoms with Gasteiger partial charge in [0, 0.05) is 19.3 Å². The molecule has 1 saturated carbocycles. The molecule has 19 heavy (non-hydrogen) atoms. The Bertz CT molecular complexity index is 233. The number of ether oxygens (including phenoxy) is 1. The molecule has 0 aliphatic heterocycles. The first-order valence-corrected chi connectivity index (χ1v) is 7.42. The van der Waals surface area contributed by atoms with E-state index in [0.717, 1.165) is 38.8 Å². The normalized spacial score (nSPS) is 24.6. The van der Waals surface area contributed by atoms with Gasteiger partial charge < -0.3 is 10.1 Å². The first-order chi connectivity index (χ1) is 9.04. The monoisotopic (exact) mass is 281 g/mol. The van der Waals surface area contributed by atoms with E-state index in [-0.39, 0.29) is 12.5 Å². The summed E-state index contributed by atoms with van der Waals surface area (Å²) in [6.45, 7) is 4.35. The second-order valence-electron chi connectivity index (χ2n) is 5.38. The summed E-state index contributed by atoms with van der Waals surface area (Å²) in [5.74, 6) is -1.11. The second kappa shape index (κ2) is 8.80. The summed E-state index contributed by atoms with van der Waals surface area (Å²) in [5, 5.41) is 3.23. The van der Waals surface area contributed by atoms with Crippen molar-refractivity contribution in [2.24, 2.45) is 5.92 Å². The zero-order valence-electron chi connectivity index (χ0n) is 11.8. The number of alkyl halides is 3. The number of hydrogen-bond donors (Lipinski definition) is 1. The van der Waals surface area contributed by atoms with Crippen molar-refractivity contribution in [1.29, 1.82) is 0 Å². The van der Waals surface area contributed by atoms with Crippen molar-refractivity contribution < 1.29 is 17.9 Å². The van der Waals surface area contributed by atoms with E-state index in [1.807, 2.05) is 0 Å². The molecule has 114 valence electrons. The van der Waals surface area contributed by atoms with E-state index in [1.165, 1.54) is 0 Å². The first kappa shape index (κ1) is 16.8. The average Bonchev–Trinajstić information content (AvgIpc) is 2.37. The minimum Gasteiger partial charge on any atom is -0.381 e. The predicted octanol–water partition coefficient (Wildman–Crippen LogP) is 3.90. The van der Waals surface area contributed by atoms with E-state index in [0.29, 0.717) is 19.4 Å². The lowest BCUT2D eigenvalue weighted by molar-refractivity contribution is -0.183. The summed E-state index contributed by atoms with van der Waals surface area (Å²) in [6, 6.07) is 0.0241. The molecular formula is C14H26F3NO. The van der Waals surface area contributed by atoms with Crippen LogP contribution in [0.15, 0.2) is 0 Å². The molecule has 0 radical (unpaired) electrons. The Hall–Kier alpha value is -0.290. The van der Waals surface area contributed by atoms with Gasteiger partial charge in [-0.3, -0.25) is 0 Å². The lowest BCUT2D eigenvalue weighted by Gasteiger charge is -2.31. The van der Waals surface area contributed by atoms with Crippen molar-refractivity contribution in [1.82, 2.24) is 5.32 Å². The summed E-state index contributed by atoms with van der Waals surface area (Å²) < 4.78 is 43.3. The fourth-order valence-corrected chi connectivity index (χ4v) is 2.50. The largest absolute Gasteiger partial charge is 0.391 e. The van der Waals surface area contributed by atoms with Crippen molar-refractivity contribution in [2.75, 3.05) is 19.8 Å². The van der Waals surface area contributed by atoms with Crippen molar-refractivity contribution in [3.8, 4) is 0 Å². The number of unbranched alkanes of at least 4 members (excludes halogenated alkanes) is 1. The minimum atomic E-state index is -4.02. The molecule has 2 unspecified atom stereocenters. The third-order valence-corrected chi connectivity index (χ3v) is 3.68. The Morgan fingerprint density at radius 3 is 2.58 bits per heavy atom. The fraction of sp³-hybridized carbons (Fsp3) is 1.00. The molecule has 0 aromatic carbocycles. The van der Waals surface area contributed by atoms with Crippen LogP contribution in [0.2, 0.25) is 0 Å². The van der Waals surface area contributed by atoms with Crippen LogP contribution in [-0.2, 0) is 4.74 Å². The quantitative estimate of drug-likeness (QED) is 0.681. The van der Waals surface area contributed by atoms with E-state index in [1.54, 1.807) is 0 Å². The third kappa shape index (κ3) is 7.16. The highest BCUT2D eigenvalue weighted by Gasteiger charge is 2.41. The van der Waals surface area contributed by atoms with Crippen LogP contribution >= 0.6 is 0 Å². The standard InChI is InChI=1S/C14H26F3NO/c1-2-3-9-19-10-5-8-18-13-7-4-6-12(11-13)14(15,16)17/h12-13,18H,2-11H2,1H3. The van der Waals surface area contributed by atoms with Crippen LogP contribution in [-0.4, -0.2) is 32.0 Å². The lowest BCUT2D eigenvalue weighted by atomic mass is 9.85. The molecule has 2 atom stereocenters. The van der Waals surface area contributed by atoms with Crippen LogP contribution < -0.4 is 5.32 Å². The number of nitrogens with one attached hydrogen (secondary N) is 1. The molecule has 1 N–H and O–H groups in total. The van der Waals surface area contributed by atoms with Gasteiger partial charge in [0.15, 0.2) is 0 Å². The van der Waals surface area contributed by atoms with Gasteiger partial charge in [0.05, 0.1) is 5.92 Å². The maximum Gasteiger partial charge on any atom is 0.391 e. The zero-order valence-corrected chi connectivity index (χ0v) is 11.8. The summed E-state index contributed by atoms with van der Waals surface area (Å²) in [4.78, 5) is 0. The third-order valence-electron chi connectivity index (χ3n) is 3.68. The molecule has 1 aliphatic rings. The van der Waals surface area contributed by atoms with Crippen LogP contribution in [0.25, 0.3) is 0 Å². The molecular weight excluding hydrogens is 255 g/mol. The molecule has 0 saturated heterocycles. The highest BCUT2D eigenvalue weighted by molar-refractivity contribution is 4.81. The maximum absolute atomic E-state index is 12.6. The van der Waals surface area contributed by atoms with E-state index in [2.05, 4.69) is 12.2 Å². The molecule has 0 heterocycles. The van der Waals surface area contributed by atoms with Crippen LogP contribution in [0.5, 0.6) is 0 Å². The fourth-order valence-electron chi connectivity index (χ4n) is 2.50. The SMILES string of the molecule is CCCCOCCCNC1CCCC(C(F)(F)F)C1. The summed E-state index contributed by atoms with van der Waals surface area (Å²) >= 11 is 0. The average molecular weight is 281 g/mol. The van der Waals surface area contributed by atoms with Gasteiger partial charge >= 0.3 is 6.18 Å². The van der Waals surface area contributed by atoms with E-state index in [4.69, 9.17) is 4.74 Å². The topological polar surface area (TPSA) is 21.3 Å². The molecule has 0 amide bonds. The molecule has 0 spiro atoms. The van der Waals surface area contributed by atoms with Gasteiger partial charge in [-0.2, -0.15) is 13.2 Å². The number of halogens is 3. The Balaban J connectivity index is 2.06. The molecule has 2 nitrogen and oxygen atoms in total. The Kier molecular flexibility index (Phi) is 7.76. The van der Waals surface area contributed by atoms with Crippen molar-refractivity contribution in [2.45, 2.75) is 64.1 Å². The Labute approximate surface area is 114 Å². The Morgan fingerprint density at radius 2 is 1.89 bits per heavy atom. The number of hydrogen-bond acceptors (Lipinski definition) is 2. The lowest BCUT2D eigenvalue weighted by Crippen LogP contribution is -2.39. The maximum atomic E-state index is 12.6. The Morgan fingerprint density at radius 1 is 1.16 bits per heavy atom. The predicted molar refractivity (Wildman–Crippen MR) is 70.1 cm³/mol. The highest BCUT2D eigenvalue weighted by Crippen LogP contribution is 2.37. The van der Waals surface area contributed by atoms with Crippen LogP contribution in [0, 0.1) is 5.92 Å². The van der Waals surface area contributed by atoms with Crippen molar-refractivity contribution in [3.05, 3.63) is 0 Å². The van der Waals surface area contributed by atoms with Crippen LogP contribution in [0.3, 0.4) is 0 Å². The first-order valence-electron chi connectivity index (χ1n) is 7.42. The summed E-state index contributed by atoms with van der Waals surface area (Å²) in [5.41, 5.74) is 0. The van der Waals surface area contributed by atoms with Gasteiger partial charge in [-0.25, -0.2) is 0 Å². The molecule has 0 aromatic rings. The van der Waals surface area contributed by atoms with Gasteiger partial charge in [0.25, 0.3) is 0 Å². The minimum absolute atomic E-state index is 0.0241. The molecule has 1 fully saturated rings.